The molecule has 1 rings (SSSR count). The van der Waals surface area contributed by atoms with Gasteiger partial charge in [0.25, 0.3) is 5.56 Å². The van der Waals surface area contributed by atoms with Gasteiger partial charge in [-0.15, -0.1) is 12.4 Å². The highest BCUT2D eigenvalue weighted by Crippen LogP contribution is 1.91. The molecule has 4 heteroatoms. The van der Waals surface area contributed by atoms with Crippen molar-refractivity contribution in [1.29, 1.82) is 0 Å². The third kappa shape index (κ3) is 1.51. The zero-order chi connectivity index (χ0) is 6.85. The van der Waals surface area contributed by atoms with Crippen LogP contribution in [-0.4, -0.2) is 4.57 Å². The van der Waals surface area contributed by atoms with Gasteiger partial charge in [0.2, 0.25) is 0 Å². The van der Waals surface area contributed by atoms with Crippen LogP contribution in [0.3, 0.4) is 0 Å². The minimum atomic E-state index is -0.0741. The number of hydrogen-bond acceptors (Lipinski definition) is 2. The van der Waals surface area contributed by atoms with Crippen LogP contribution in [0.2, 0.25) is 0 Å². The van der Waals surface area contributed by atoms with Crippen LogP contribution in [0.1, 0.15) is 0 Å². The van der Waals surface area contributed by atoms with Crippen LogP contribution in [0, 0.1) is 0 Å². The number of rotatable bonds is 0. The van der Waals surface area contributed by atoms with Crippen molar-refractivity contribution in [2.75, 3.05) is 5.73 Å². The van der Waals surface area contributed by atoms with Gasteiger partial charge in [0.15, 0.2) is 0 Å². The molecule has 0 atom stereocenters. The molecule has 1 aromatic heterocycles. The Bertz CT molecular complexity index is 269. The molecule has 0 amide bonds. The molecule has 0 saturated heterocycles. The fraction of sp³-hybridized carbons (Fsp3) is 0.167. The summed E-state index contributed by atoms with van der Waals surface area (Å²) >= 11 is 0. The Balaban J connectivity index is 0.000000810. The van der Waals surface area contributed by atoms with Gasteiger partial charge in [-0.2, -0.15) is 0 Å². The van der Waals surface area contributed by atoms with Crippen molar-refractivity contribution in [2.24, 2.45) is 7.05 Å². The zero-order valence-corrected chi connectivity index (χ0v) is 6.39. The van der Waals surface area contributed by atoms with Crippen molar-refractivity contribution < 1.29 is 0 Å². The maximum absolute atomic E-state index is 10.7. The number of aromatic nitrogens is 1. The second kappa shape index (κ2) is 3.27. The summed E-state index contributed by atoms with van der Waals surface area (Å²) in [6, 6.07) is 4.79. The van der Waals surface area contributed by atoms with Crippen molar-refractivity contribution in [3.8, 4) is 0 Å². The van der Waals surface area contributed by atoms with Crippen LogP contribution < -0.4 is 11.3 Å². The van der Waals surface area contributed by atoms with Crippen LogP contribution in [0.25, 0.3) is 0 Å². The van der Waals surface area contributed by atoms with E-state index in [2.05, 4.69) is 0 Å². The van der Waals surface area contributed by atoms with E-state index in [4.69, 9.17) is 5.73 Å². The number of hydrogen-bond donors (Lipinski definition) is 1. The third-order valence-corrected chi connectivity index (χ3v) is 1.22. The lowest BCUT2D eigenvalue weighted by Crippen LogP contribution is -2.17. The van der Waals surface area contributed by atoms with Gasteiger partial charge < -0.3 is 5.73 Å². The quantitative estimate of drug-likeness (QED) is 0.597. The highest BCUT2D eigenvalue weighted by atomic mass is 35.5. The fourth-order valence-corrected chi connectivity index (χ4v) is 0.580. The summed E-state index contributed by atoms with van der Waals surface area (Å²) in [5.41, 5.74) is 5.31. The normalized spacial score (nSPS) is 8.50. The summed E-state index contributed by atoms with van der Waals surface area (Å²) in [5, 5.41) is 0. The minimum absolute atomic E-state index is 0. The Hall–Kier alpha value is -0.960. The predicted octanol–water partition coefficient (Wildman–Crippen LogP) is 0.389. The zero-order valence-electron chi connectivity index (χ0n) is 5.57. The second-order valence-electron chi connectivity index (χ2n) is 1.85. The Kier molecular flexibility index (Phi) is 2.96. The van der Waals surface area contributed by atoms with Gasteiger partial charge in [0.1, 0.15) is 5.82 Å². The molecule has 0 aromatic carbocycles. The average Bonchev–Trinajstić information content (AvgIpc) is 1.83. The monoisotopic (exact) mass is 160 g/mol. The Morgan fingerprint density at radius 1 is 1.50 bits per heavy atom. The summed E-state index contributed by atoms with van der Waals surface area (Å²) in [6.45, 7) is 0. The van der Waals surface area contributed by atoms with Crippen LogP contribution >= 0.6 is 12.4 Å². The van der Waals surface area contributed by atoms with E-state index in [1.165, 1.54) is 10.6 Å². The van der Waals surface area contributed by atoms with E-state index in [-0.39, 0.29) is 18.0 Å². The molecule has 0 aliphatic carbocycles. The molecule has 0 aliphatic rings. The number of anilines is 1. The van der Waals surface area contributed by atoms with Gasteiger partial charge in [-0.25, -0.2) is 0 Å². The second-order valence-corrected chi connectivity index (χ2v) is 1.85. The van der Waals surface area contributed by atoms with E-state index >= 15 is 0 Å². The lowest BCUT2D eigenvalue weighted by Gasteiger charge is -1.98. The number of nitrogen functional groups attached to an aromatic ring is 1. The molecule has 0 bridgehead atoms. The first-order chi connectivity index (χ1) is 4.22. The molecule has 3 nitrogen and oxygen atoms in total. The topological polar surface area (TPSA) is 48.0 Å². The van der Waals surface area contributed by atoms with Crippen LogP contribution in [0.15, 0.2) is 23.0 Å². The first-order valence-electron chi connectivity index (χ1n) is 2.63. The van der Waals surface area contributed by atoms with Crippen molar-refractivity contribution >= 4 is 18.2 Å². The molecule has 2 N–H and O–H groups in total. The molecule has 0 radical (unpaired) electrons. The Morgan fingerprint density at radius 3 is 2.50 bits per heavy atom. The van der Waals surface area contributed by atoms with Crippen LogP contribution in [0.4, 0.5) is 5.82 Å². The molecule has 0 fully saturated rings. The summed E-state index contributed by atoms with van der Waals surface area (Å²) in [7, 11) is 1.64. The fourth-order valence-electron chi connectivity index (χ4n) is 0.580. The smallest absolute Gasteiger partial charge is 0.251 e. The molecule has 1 heterocycles. The number of pyridine rings is 1. The molecular weight excluding hydrogens is 152 g/mol. The van der Waals surface area contributed by atoms with Crippen molar-refractivity contribution in [3.05, 3.63) is 28.6 Å². The number of halogens is 1. The van der Waals surface area contributed by atoms with Gasteiger partial charge in [-0.05, 0) is 6.07 Å². The SMILES string of the molecule is Cl.Cn1c(N)cccc1=O. The summed E-state index contributed by atoms with van der Waals surface area (Å²) in [4.78, 5) is 10.7. The van der Waals surface area contributed by atoms with Gasteiger partial charge >= 0.3 is 0 Å². The van der Waals surface area contributed by atoms with E-state index in [0.29, 0.717) is 5.82 Å². The molecule has 1 aromatic rings. The average molecular weight is 161 g/mol. The third-order valence-electron chi connectivity index (χ3n) is 1.22. The molecule has 0 unspecified atom stereocenters. The van der Waals surface area contributed by atoms with Crippen molar-refractivity contribution in [3.63, 3.8) is 0 Å². The molecule has 56 valence electrons. The van der Waals surface area contributed by atoms with E-state index in [0.717, 1.165) is 0 Å². The largest absolute Gasteiger partial charge is 0.385 e. The Labute approximate surface area is 64.9 Å². The van der Waals surface area contributed by atoms with Crippen LogP contribution in [0.5, 0.6) is 0 Å². The molecule has 10 heavy (non-hydrogen) atoms. The molecule has 0 saturated carbocycles. The van der Waals surface area contributed by atoms with Crippen molar-refractivity contribution in [2.45, 2.75) is 0 Å². The first-order valence-corrected chi connectivity index (χ1v) is 2.63. The van der Waals surface area contributed by atoms with Crippen molar-refractivity contribution in [1.82, 2.24) is 4.57 Å². The van der Waals surface area contributed by atoms with E-state index in [9.17, 15) is 4.79 Å². The highest BCUT2D eigenvalue weighted by molar-refractivity contribution is 5.85. The molecule has 0 aliphatic heterocycles. The minimum Gasteiger partial charge on any atom is -0.385 e. The van der Waals surface area contributed by atoms with Gasteiger partial charge in [0.05, 0.1) is 0 Å². The van der Waals surface area contributed by atoms with Gasteiger partial charge in [0, 0.05) is 13.1 Å². The molecule has 0 spiro atoms. The number of nitrogens with zero attached hydrogens (tertiary/aromatic N) is 1. The van der Waals surface area contributed by atoms with Crippen LogP contribution in [-0.2, 0) is 7.05 Å². The maximum atomic E-state index is 10.7. The van der Waals surface area contributed by atoms with Gasteiger partial charge in [-0.3, -0.25) is 9.36 Å². The lowest BCUT2D eigenvalue weighted by atomic mass is 10.4. The first kappa shape index (κ1) is 9.04. The maximum Gasteiger partial charge on any atom is 0.251 e. The lowest BCUT2D eigenvalue weighted by molar-refractivity contribution is 0.875. The number of nitrogens with two attached hydrogens (primary N) is 1. The van der Waals surface area contributed by atoms with E-state index < -0.39 is 0 Å². The molecular formula is C6H9ClN2O. The summed E-state index contributed by atoms with van der Waals surface area (Å²) in [5.74, 6) is 0.488. The Morgan fingerprint density at radius 2 is 2.10 bits per heavy atom. The standard InChI is InChI=1S/C6H8N2O.ClH/c1-8-5(7)3-2-4-6(8)9;/h2-4H,7H2,1H3;1H. The summed E-state index contributed by atoms with van der Waals surface area (Å²) < 4.78 is 1.39. The van der Waals surface area contributed by atoms with E-state index in [1.807, 2.05) is 0 Å². The van der Waals surface area contributed by atoms with E-state index in [1.54, 1.807) is 19.2 Å². The highest BCUT2D eigenvalue weighted by Gasteiger charge is 1.89. The summed E-state index contributed by atoms with van der Waals surface area (Å²) in [6.07, 6.45) is 0. The van der Waals surface area contributed by atoms with Gasteiger partial charge in [-0.1, -0.05) is 6.07 Å². The predicted molar refractivity (Wildman–Crippen MR) is 43.3 cm³/mol.